The fraction of sp³-hybridized carbons (Fsp3) is 0.214. The zero-order valence-electron chi connectivity index (χ0n) is 17.9. The number of carbonyl (C=O) groups excluding carboxylic acids is 2. The van der Waals surface area contributed by atoms with Crippen molar-refractivity contribution in [3.63, 3.8) is 0 Å². The molecule has 1 atom stereocenters. The molecule has 0 heterocycles. The zero-order chi connectivity index (χ0) is 21.9. The number of ketones is 1. The highest BCUT2D eigenvalue weighted by molar-refractivity contribution is 5.94. The second-order valence-corrected chi connectivity index (χ2v) is 7.56. The first-order valence-electron chi connectivity index (χ1n) is 10.7. The zero-order valence-corrected chi connectivity index (χ0v) is 17.9. The Bertz CT molecular complexity index is 1010. The van der Waals surface area contributed by atoms with Crippen molar-refractivity contribution in [3.05, 3.63) is 119 Å². The molecule has 0 bridgehead atoms. The monoisotopic (exact) mass is 412 g/mol. The Balaban J connectivity index is 1.61. The predicted molar refractivity (Wildman–Crippen MR) is 124 cm³/mol. The van der Waals surface area contributed by atoms with Gasteiger partial charge in [-0.2, -0.15) is 0 Å². The van der Waals surface area contributed by atoms with Crippen LogP contribution in [0.5, 0.6) is 0 Å². The molecule has 0 aromatic heterocycles. The lowest BCUT2D eigenvalue weighted by Crippen LogP contribution is -2.17. The van der Waals surface area contributed by atoms with Crippen LogP contribution < -0.4 is 0 Å². The molecule has 3 aromatic carbocycles. The minimum absolute atomic E-state index is 0.0752. The first-order chi connectivity index (χ1) is 15.1. The van der Waals surface area contributed by atoms with E-state index in [4.69, 9.17) is 4.74 Å². The van der Waals surface area contributed by atoms with Crippen molar-refractivity contribution in [2.75, 3.05) is 0 Å². The van der Waals surface area contributed by atoms with E-state index in [0.717, 1.165) is 36.8 Å². The van der Waals surface area contributed by atoms with E-state index in [1.165, 1.54) is 5.56 Å². The number of allylic oxidation sites excluding steroid dienone is 1. The van der Waals surface area contributed by atoms with Gasteiger partial charge in [-0.25, -0.2) is 4.79 Å². The van der Waals surface area contributed by atoms with Gasteiger partial charge in [0.1, 0.15) is 6.10 Å². The van der Waals surface area contributed by atoms with E-state index in [2.05, 4.69) is 18.2 Å². The van der Waals surface area contributed by atoms with Crippen molar-refractivity contribution in [2.45, 2.75) is 38.7 Å². The van der Waals surface area contributed by atoms with Gasteiger partial charge in [-0.05, 0) is 68.0 Å². The summed E-state index contributed by atoms with van der Waals surface area (Å²) >= 11 is 0. The molecular formula is C28H28O3. The Morgan fingerprint density at radius 2 is 1.45 bits per heavy atom. The van der Waals surface area contributed by atoms with Crippen LogP contribution in [0.4, 0.5) is 0 Å². The molecule has 0 spiro atoms. The number of benzene rings is 3. The number of hydrogen-bond donors (Lipinski definition) is 0. The number of Topliss-reactive ketones (excluding diaryl/α,β-unsaturated/α-hetero) is 1. The predicted octanol–water partition coefficient (Wildman–Crippen LogP) is 6.24. The molecule has 3 rings (SSSR count). The molecule has 3 heteroatoms. The maximum atomic E-state index is 12.5. The van der Waals surface area contributed by atoms with Crippen LogP contribution in [0.1, 0.15) is 51.6 Å². The highest BCUT2D eigenvalue weighted by atomic mass is 16.5. The molecule has 0 saturated carbocycles. The number of ether oxygens (including phenoxy) is 1. The summed E-state index contributed by atoms with van der Waals surface area (Å²) in [6.07, 6.45) is 6.95. The first-order valence-corrected chi connectivity index (χ1v) is 10.7. The van der Waals surface area contributed by atoms with E-state index < -0.39 is 0 Å². The van der Waals surface area contributed by atoms with E-state index in [-0.39, 0.29) is 17.9 Å². The molecule has 0 fully saturated rings. The second-order valence-electron chi connectivity index (χ2n) is 7.56. The van der Waals surface area contributed by atoms with Crippen molar-refractivity contribution >= 4 is 11.8 Å². The van der Waals surface area contributed by atoms with Gasteiger partial charge in [-0.3, -0.25) is 4.79 Å². The highest BCUT2D eigenvalue weighted by Crippen LogP contribution is 2.13. The molecule has 0 unspecified atom stereocenters. The van der Waals surface area contributed by atoms with E-state index in [1.807, 2.05) is 66.7 Å². The van der Waals surface area contributed by atoms with Crippen molar-refractivity contribution in [2.24, 2.45) is 0 Å². The second kappa shape index (κ2) is 11.7. The molecule has 3 nitrogen and oxygen atoms in total. The van der Waals surface area contributed by atoms with Crippen LogP contribution in [0.25, 0.3) is 0 Å². The molecular weight excluding hydrogens is 384 g/mol. The summed E-state index contributed by atoms with van der Waals surface area (Å²) in [4.78, 5) is 24.1. The smallest absolute Gasteiger partial charge is 0.338 e. The van der Waals surface area contributed by atoms with Gasteiger partial charge in [-0.15, -0.1) is 0 Å². The van der Waals surface area contributed by atoms with Gasteiger partial charge < -0.3 is 4.74 Å². The topological polar surface area (TPSA) is 43.4 Å². The number of aryl methyl sites for hydroxylation is 2. The van der Waals surface area contributed by atoms with Crippen LogP contribution in [0.2, 0.25) is 0 Å². The van der Waals surface area contributed by atoms with Gasteiger partial charge in [-0.1, -0.05) is 72.8 Å². The summed E-state index contributed by atoms with van der Waals surface area (Å²) in [7, 11) is 0. The Hall–Kier alpha value is -3.46. The third-order valence-corrected chi connectivity index (χ3v) is 5.11. The Morgan fingerprint density at radius 1 is 0.806 bits per heavy atom. The first kappa shape index (κ1) is 22.2. The van der Waals surface area contributed by atoms with Crippen LogP contribution in [-0.4, -0.2) is 17.9 Å². The maximum absolute atomic E-state index is 12.5. The lowest BCUT2D eigenvalue weighted by atomic mass is 10.0. The van der Waals surface area contributed by atoms with E-state index in [9.17, 15) is 9.59 Å². The molecule has 0 radical (unpaired) electrons. The molecule has 0 amide bonds. The van der Waals surface area contributed by atoms with Gasteiger partial charge in [0.05, 0.1) is 5.56 Å². The van der Waals surface area contributed by atoms with Gasteiger partial charge in [0, 0.05) is 5.56 Å². The Kier molecular flexibility index (Phi) is 8.36. The van der Waals surface area contributed by atoms with E-state index in [1.54, 1.807) is 19.1 Å². The summed E-state index contributed by atoms with van der Waals surface area (Å²) in [6, 6.07) is 27.0. The normalized spacial score (nSPS) is 11.9. The van der Waals surface area contributed by atoms with Crippen molar-refractivity contribution in [3.8, 4) is 0 Å². The average molecular weight is 413 g/mol. The average Bonchev–Trinajstić information content (AvgIpc) is 2.81. The van der Waals surface area contributed by atoms with Gasteiger partial charge in [0.2, 0.25) is 0 Å². The van der Waals surface area contributed by atoms with E-state index >= 15 is 0 Å². The minimum Gasteiger partial charge on any atom is -0.455 e. The fourth-order valence-electron chi connectivity index (χ4n) is 3.37. The Morgan fingerprint density at radius 3 is 2.16 bits per heavy atom. The minimum atomic E-state index is -0.308. The molecule has 0 saturated heterocycles. The molecule has 158 valence electrons. The number of esters is 1. The Labute approximate surface area is 184 Å². The lowest BCUT2D eigenvalue weighted by Gasteiger charge is -2.15. The molecule has 0 N–H and O–H groups in total. The van der Waals surface area contributed by atoms with Crippen molar-refractivity contribution < 1.29 is 14.3 Å². The number of hydrogen-bond acceptors (Lipinski definition) is 3. The van der Waals surface area contributed by atoms with Crippen molar-refractivity contribution in [1.29, 1.82) is 0 Å². The number of carbonyl (C=O) groups is 2. The summed E-state index contributed by atoms with van der Waals surface area (Å²) in [6.45, 7) is 1.58. The van der Waals surface area contributed by atoms with Crippen molar-refractivity contribution in [1.82, 2.24) is 0 Å². The summed E-state index contributed by atoms with van der Waals surface area (Å²) in [5.41, 5.74) is 3.64. The molecule has 3 aromatic rings. The third-order valence-electron chi connectivity index (χ3n) is 5.11. The molecule has 0 aliphatic rings. The summed E-state index contributed by atoms with van der Waals surface area (Å²) in [5, 5.41) is 0. The van der Waals surface area contributed by atoms with E-state index in [0.29, 0.717) is 5.56 Å². The standard InChI is InChI=1S/C28H28O3/c1-22(29)26-17-10-14-24(21-26)13-8-9-18-27(20-19-23-11-4-2-5-12-23)31-28(30)25-15-6-3-7-16-25/h2-7,9-12,14-18,21,27H,8,13,19-20H2,1H3/b18-9+/t27-/m1/s1. The van der Waals surface area contributed by atoms with Crippen LogP contribution in [0.15, 0.2) is 97.1 Å². The van der Waals surface area contributed by atoms with Crippen LogP contribution in [0.3, 0.4) is 0 Å². The SMILES string of the molecule is CC(=O)c1cccc(CC/C=C/[C@H](CCc2ccccc2)OC(=O)c2ccccc2)c1. The third kappa shape index (κ3) is 7.38. The molecule has 0 aliphatic carbocycles. The number of rotatable bonds is 10. The van der Waals surface area contributed by atoms with Gasteiger partial charge >= 0.3 is 5.97 Å². The largest absolute Gasteiger partial charge is 0.455 e. The summed E-state index contributed by atoms with van der Waals surface area (Å²) < 4.78 is 5.79. The highest BCUT2D eigenvalue weighted by Gasteiger charge is 2.13. The van der Waals surface area contributed by atoms with Gasteiger partial charge in [0.15, 0.2) is 5.78 Å². The molecule has 31 heavy (non-hydrogen) atoms. The van der Waals surface area contributed by atoms with Crippen LogP contribution in [0, 0.1) is 0 Å². The maximum Gasteiger partial charge on any atom is 0.338 e. The fourth-order valence-corrected chi connectivity index (χ4v) is 3.37. The lowest BCUT2D eigenvalue weighted by molar-refractivity contribution is 0.0380. The van der Waals surface area contributed by atoms with Gasteiger partial charge in [0.25, 0.3) is 0 Å². The van der Waals surface area contributed by atoms with Crippen LogP contribution >= 0.6 is 0 Å². The quantitative estimate of drug-likeness (QED) is 0.225. The van der Waals surface area contributed by atoms with Crippen LogP contribution in [-0.2, 0) is 17.6 Å². The molecule has 0 aliphatic heterocycles. The summed E-state index contributed by atoms with van der Waals surface area (Å²) in [5.74, 6) is -0.233.